The number of aliphatic hydroxyl groups is 1. The number of fused-ring (bicyclic) bond motifs is 1. The molecule has 2 heterocycles. The highest BCUT2D eigenvalue weighted by Gasteiger charge is 2.17. The van der Waals surface area contributed by atoms with E-state index in [-0.39, 0.29) is 18.8 Å². The molecule has 1 atom stereocenters. The highest BCUT2D eigenvalue weighted by Crippen LogP contribution is 2.10. The van der Waals surface area contributed by atoms with Gasteiger partial charge in [0.2, 0.25) is 0 Å². The van der Waals surface area contributed by atoms with Gasteiger partial charge in [0.05, 0.1) is 25.9 Å². The second-order valence-electron chi connectivity index (χ2n) is 6.00. The number of rotatable bonds is 6. The van der Waals surface area contributed by atoms with Crippen LogP contribution >= 0.6 is 0 Å². The van der Waals surface area contributed by atoms with E-state index in [9.17, 15) is 9.90 Å². The molecule has 2 aromatic rings. The van der Waals surface area contributed by atoms with Crippen LogP contribution in [-0.2, 0) is 30.9 Å². The first-order chi connectivity index (χ1) is 11.2. The summed E-state index contributed by atoms with van der Waals surface area (Å²) in [6, 6.07) is 9.81. The minimum atomic E-state index is -0.740. The number of ether oxygens (including phenoxy) is 1. The normalized spacial score (nSPS) is 15.9. The Hall–Kier alpha value is -1.92. The van der Waals surface area contributed by atoms with Gasteiger partial charge < -0.3 is 9.84 Å². The fourth-order valence-electron chi connectivity index (χ4n) is 2.88. The van der Waals surface area contributed by atoms with Gasteiger partial charge in [0, 0.05) is 13.0 Å². The van der Waals surface area contributed by atoms with Gasteiger partial charge in [-0.05, 0) is 18.4 Å². The van der Waals surface area contributed by atoms with Gasteiger partial charge in [-0.15, -0.1) is 0 Å². The smallest absolute Gasteiger partial charge is 0.346 e. The summed E-state index contributed by atoms with van der Waals surface area (Å²) in [5.41, 5.74) is 0.939. The lowest BCUT2D eigenvalue weighted by Gasteiger charge is -2.10. The zero-order valence-corrected chi connectivity index (χ0v) is 13.2. The Morgan fingerprint density at radius 3 is 2.87 bits per heavy atom. The van der Waals surface area contributed by atoms with Crippen LogP contribution in [0.3, 0.4) is 0 Å². The van der Waals surface area contributed by atoms with Crippen molar-refractivity contribution < 1.29 is 9.84 Å². The Bertz CT molecular complexity index is 678. The first kappa shape index (κ1) is 16.0. The highest BCUT2D eigenvalue weighted by atomic mass is 16.5. The van der Waals surface area contributed by atoms with E-state index < -0.39 is 6.10 Å². The maximum absolute atomic E-state index is 12.3. The molecular formula is C17H23N3O3. The predicted molar refractivity (Wildman–Crippen MR) is 86.1 cm³/mol. The zero-order chi connectivity index (χ0) is 16.1. The number of hydrogen-bond donors (Lipinski definition) is 1. The molecule has 1 aliphatic rings. The fraction of sp³-hybridized carbons (Fsp3) is 0.529. The van der Waals surface area contributed by atoms with Crippen molar-refractivity contribution in [2.75, 3.05) is 6.61 Å². The van der Waals surface area contributed by atoms with Crippen molar-refractivity contribution in [1.29, 1.82) is 0 Å². The average Bonchev–Trinajstić information content (AvgIpc) is 2.74. The summed E-state index contributed by atoms with van der Waals surface area (Å²) in [6.45, 7) is 1.54. The number of benzene rings is 1. The van der Waals surface area contributed by atoms with Crippen molar-refractivity contribution >= 4 is 0 Å². The van der Waals surface area contributed by atoms with E-state index in [1.807, 2.05) is 30.3 Å². The van der Waals surface area contributed by atoms with Crippen molar-refractivity contribution in [1.82, 2.24) is 14.3 Å². The van der Waals surface area contributed by atoms with E-state index in [1.165, 1.54) is 4.68 Å². The molecule has 1 aromatic carbocycles. The van der Waals surface area contributed by atoms with Crippen molar-refractivity contribution in [3.8, 4) is 0 Å². The van der Waals surface area contributed by atoms with Crippen molar-refractivity contribution in [3.63, 3.8) is 0 Å². The van der Waals surface area contributed by atoms with Crippen molar-refractivity contribution in [3.05, 3.63) is 52.2 Å². The number of hydrogen-bond acceptors (Lipinski definition) is 4. The molecule has 6 nitrogen and oxygen atoms in total. The molecule has 1 aromatic heterocycles. The standard InChI is InChI=1S/C17H23N3O3/c21-15(13-23-12-14-7-3-1-4-8-14)11-20-17(22)19-10-6-2-5-9-16(19)18-20/h1,3-4,7-8,15,21H,2,5-6,9-13H2. The maximum Gasteiger partial charge on any atom is 0.346 e. The monoisotopic (exact) mass is 317 g/mol. The quantitative estimate of drug-likeness (QED) is 0.873. The van der Waals surface area contributed by atoms with Gasteiger partial charge in [-0.1, -0.05) is 36.8 Å². The Kier molecular flexibility index (Phi) is 5.25. The number of aromatic nitrogens is 3. The molecule has 0 bridgehead atoms. The Morgan fingerprint density at radius 1 is 1.22 bits per heavy atom. The van der Waals surface area contributed by atoms with Crippen LogP contribution in [0.15, 0.2) is 35.1 Å². The summed E-state index contributed by atoms with van der Waals surface area (Å²) in [6.07, 6.45) is 3.32. The van der Waals surface area contributed by atoms with E-state index >= 15 is 0 Å². The highest BCUT2D eigenvalue weighted by molar-refractivity contribution is 5.13. The van der Waals surface area contributed by atoms with Gasteiger partial charge in [0.15, 0.2) is 0 Å². The number of nitrogens with zero attached hydrogens (tertiary/aromatic N) is 3. The first-order valence-electron chi connectivity index (χ1n) is 8.20. The van der Waals surface area contributed by atoms with Gasteiger partial charge in [0.25, 0.3) is 0 Å². The lowest BCUT2D eigenvalue weighted by Crippen LogP contribution is -2.31. The third kappa shape index (κ3) is 4.09. The van der Waals surface area contributed by atoms with Gasteiger partial charge in [0.1, 0.15) is 5.82 Å². The molecular weight excluding hydrogens is 294 g/mol. The third-order valence-corrected chi connectivity index (χ3v) is 4.09. The van der Waals surface area contributed by atoms with E-state index in [1.54, 1.807) is 4.57 Å². The maximum atomic E-state index is 12.3. The van der Waals surface area contributed by atoms with Crippen LogP contribution in [0.25, 0.3) is 0 Å². The molecule has 1 aliphatic heterocycles. The second-order valence-corrected chi connectivity index (χ2v) is 6.00. The largest absolute Gasteiger partial charge is 0.389 e. The van der Waals surface area contributed by atoms with Crippen LogP contribution in [0.5, 0.6) is 0 Å². The Labute approximate surface area is 135 Å². The summed E-state index contributed by atoms with van der Waals surface area (Å²) in [7, 11) is 0. The van der Waals surface area contributed by atoms with Crippen LogP contribution in [0.4, 0.5) is 0 Å². The molecule has 1 unspecified atom stereocenters. The molecule has 0 aliphatic carbocycles. The molecule has 3 rings (SSSR count). The van der Waals surface area contributed by atoms with Gasteiger partial charge in [-0.25, -0.2) is 9.48 Å². The number of aryl methyl sites for hydroxylation is 1. The summed E-state index contributed by atoms with van der Waals surface area (Å²) < 4.78 is 8.63. The number of aliphatic hydroxyl groups excluding tert-OH is 1. The van der Waals surface area contributed by atoms with Crippen LogP contribution in [0.1, 0.15) is 30.7 Å². The van der Waals surface area contributed by atoms with Gasteiger partial charge in [-0.2, -0.15) is 5.10 Å². The molecule has 1 N–H and O–H groups in total. The second kappa shape index (κ2) is 7.57. The molecule has 23 heavy (non-hydrogen) atoms. The molecule has 0 radical (unpaired) electrons. The van der Waals surface area contributed by atoms with Crippen molar-refractivity contribution in [2.24, 2.45) is 0 Å². The Balaban J connectivity index is 1.54. The van der Waals surface area contributed by atoms with Crippen LogP contribution in [-0.4, -0.2) is 32.2 Å². The predicted octanol–water partition coefficient (Wildman–Crippen LogP) is 1.35. The van der Waals surface area contributed by atoms with Gasteiger partial charge >= 0.3 is 5.69 Å². The van der Waals surface area contributed by atoms with E-state index in [0.29, 0.717) is 6.61 Å². The van der Waals surface area contributed by atoms with Gasteiger partial charge in [-0.3, -0.25) is 4.57 Å². The summed E-state index contributed by atoms with van der Waals surface area (Å²) >= 11 is 0. The summed E-state index contributed by atoms with van der Waals surface area (Å²) in [5, 5.41) is 14.5. The topological polar surface area (TPSA) is 69.3 Å². The minimum absolute atomic E-state index is 0.121. The SMILES string of the molecule is O=c1n(CC(O)COCc2ccccc2)nc2n1CCCCC2. The van der Waals surface area contributed by atoms with Crippen LogP contribution in [0, 0.1) is 0 Å². The summed E-state index contributed by atoms with van der Waals surface area (Å²) in [5.74, 6) is 0.838. The van der Waals surface area contributed by atoms with Crippen LogP contribution < -0.4 is 5.69 Å². The first-order valence-corrected chi connectivity index (χ1v) is 8.20. The minimum Gasteiger partial charge on any atom is -0.389 e. The third-order valence-electron chi connectivity index (χ3n) is 4.09. The Morgan fingerprint density at radius 2 is 2.04 bits per heavy atom. The van der Waals surface area contributed by atoms with Crippen molar-refractivity contribution in [2.45, 2.75) is 51.5 Å². The lowest BCUT2D eigenvalue weighted by molar-refractivity contribution is 0.0181. The molecule has 0 amide bonds. The molecule has 0 saturated carbocycles. The fourth-order valence-corrected chi connectivity index (χ4v) is 2.88. The van der Waals surface area contributed by atoms with E-state index in [4.69, 9.17) is 4.74 Å². The lowest BCUT2D eigenvalue weighted by atomic mass is 10.2. The zero-order valence-electron chi connectivity index (χ0n) is 13.2. The molecule has 6 heteroatoms. The molecule has 0 saturated heterocycles. The van der Waals surface area contributed by atoms with E-state index in [0.717, 1.165) is 43.6 Å². The van der Waals surface area contributed by atoms with Crippen LogP contribution in [0.2, 0.25) is 0 Å². The summed E-state index contributed by atoms with van der Waals surface area (Å²) in [4.78, 5) is 12.3. The molecule has 124 valence electrons. The average molecular weight is 317 g/mol. The molecule has 0 spiro atoms. The van der Waals surface area contributed by atoms with E-state index in [2.05, 4.69) is 5.10 Å². The molecule has 0 fully saturated rings.